The fourth-order valence-electron chi connectivity index (χ4n) is 2.56. The Bertz CT molecular complexity index is 776. The maximum absolute atomic E-state index is 5.31. The molecule has 0 radical (unpaired) electrons. The van der Waals surface area contributed by atoms with Crippen molar-refractivity contribution in [2.75, 3.05) is 12.4 Å². The molecule has 1 heterocycles. The van der Waals surface area contributed by atoms with Crippen LogP contribution in [0.3, 0.4) is 0 Å². The molecule has 21 heavy (non-hydrogen) atoms. The number of ether oxygens (including phenoxy) is 1. The molecule has 3 aromatic rings. The van der Waals surface area contributed by atoms with Crippen molar-refractivity contribution >= 4 is 22.3 Å². The Labute approximate surface area is 124 Å². The summed E-state index contributed by atoms with van der Waals surface area (Å²) < 4.78 is 5.31. The van der Waals surface area contributed by atoms with Gasteiger partial charge in [-0.15, -0.1) is 0 Å². The van der Waals surface area contributed by atoms with Crippen molar-refractivity contribution in [3.8, 4) is 5.75 Å². The summed E-state index contributed by atoms with van der Waals surface area (Å²) in [6.45, 7) is 4.21. The Kier molecular flexibility index (Phi) is 3.48. The lowest BCUT2D eigenvalue weighted by atomic mass is 10.1. The molecule has 0 atom stereocenters. The number of methoxy groups -OCH3 is 1. The third kappa shape index (κ3) is 2.82. The molecule has 3 heteroatoms. The zero-order chi connectivity index (χ0) is 14.8. The standard InChI is InChI=1S/C18H18N2O/c1-12-8-13(2)10-14(9-12)20-18-6-7-19-17-5-4-15(21-3)11-16(17)18/h4-11H,1-3H3,(H,19,20). The molecule has 0 amide bonds. The third-order valence-electron chi connectivity index (χ3n) is 3.45. The van der Waals surface area contributed by atoms with Gasteiger partial charge in [0.1, 0.15) is 5.75 Å². The quantitative estimate of drug-likeness (QED) is 0.760. The van der Waals surface area contributed by atoms with Crippen LogP contribution in [0.5, 0.6) is 5.75 Å². The number of aromatic nitrogens is 1. The molecule has 106 valence electrons. The number of fused-ring (bicyclic) bond motifs is 1. The van der Waals surface area contributed by atoms with Crippen LogP contribution >= 0.6 is 0 Å². The molecule has 0 bridgehead atoms. The van der Waals surface area contributed by atoms with Crippen LogP contribution in [0.15, 0.2) is 48.7 Å². The van der Waals surface area contributed by atoms with Crippen LogP contribution in [0.2, 0.25) is 0 Å². The molecule has 0 spiro atoms. The fraction of sp³-hybridized carbons (Fsp3) is 0.167. The molecule has 1 N–H and O–H groups in total. The second-order valence-corrected chi connectivity index (χ2v) is 5.24. The van der Waals surface area contributed by atoms with Crippen molar-refractivity contribution < 1.29 is 4.74 Å². The maximum Gasteiger partial charge on any atom is 0.119 e. The van der Waals surface area contributed by atoms with Crippen molar-refractivity contribution in [3.63, 3.8) is 0 Å². The van der Waals surface area contributed by atoms with Crippen LogP contribution in [0, 0.1) is 13.8 Å². The highest BCUT2D eigenvalue weighted by Gasteiger charge is 2.05. The molecule has 0 unspecified atom stereocenters. The van der Waals surface area contributed by atoms with E-state index in [4.69, 9.17) is 4.74 Å². The molecule has 0 saturated carbocycles. The van der Waals surface area contributed by atoms with Gasteiger partial charge in [-0.3, -0.25) is 4.98 Å². The normalized spacial score (nSPS) is 10.6. The minimum Gasteiger partial charge on any atom is -0.497 e. The first kappa shape index (κ1) is 13.4. The van der Waals surface area contributed by atoms with Crippen LogP contribution < -0.4 is 10.1 Å². The number of pyridine rings is 1. The zero-order valence-electron chi connectivity index (χ0n) is 12.5. The molecule has 0 aliphatic carbocycles. The molecule has 0 saturated heterocycles. The summed E-state index contributed by atoms with van der Waals surface area (Å²) in [7, 11) is 1.68. The predicted molar refractivity (Wildman–Crippen MR) is 87.5 cm³/mol. The average Bonchev–Trinajstić information content (AvgIpc) is 2.46. The van der Waals surface area contributed by atoms with Gasteiger partial charge in [-0.05, 0) is 61.4 Å². The van der Waals surface area contributed by atoms with E-state index in [9.17, 15) is 0 Å². The molecule has 1 aromatic heterocycles. The van der Waals surface area contributed by atoms with Gasteiger partial charge in [0.05, 0.1) is 12.6 Å². The van der Waals surface area contributed by atoms with Gasteiger partial charge in [-0.2, -0.15) is 0 Å². The summed E-state index contributed by atoms with van der Waals surface area (Å²) >= 11 is 0. The van der Waals surface area contributed by atoms with Gasteiger partial charge >= 0.3 is 0 Å². The number of nitrogens with zero attached hydrogens (tertiary/aromatic N) is 1. The van der Waals surface area contributed by atoms with Crippen molar-refractivity contribution in [3.05, 3.63) is 59.8 Å². The van der Waals surface area contributed by atoms with E-state index in [1.807, 2.05) is 30.5 Å². The molecule has 0 aliphatic rings. The summed E-state index contributed by atoms with van der Waals surface area (Å²) in [4.78, 5) is 4.40. The summed E-state index contributed by atoms with van der Waals surface area (Å²) in [6, 6.07) is 14.3. The Morgan fingerprint density at radius 3 is 2.43 bits per heavy atom. The van der Waals surface area contributed by atoms with E-state index < -0.39 is 0 Å². The van der Waals surface area contributed by atoms with Gasteiger partial charge in [0.25, 0.3) is 0 Å². The number of rotatable bonds is 3. The van der Waals surface area contributed by atoms with E-state index >= 15 is 0 Å². The second kappa shape index (κ2) is 5.44. The van der Waals surface area contributed by atoms with Crippen LogP contribution in [0.1, 0.15) is 11.1 Å². The van der Waals surface area contributed by atoms with E-state index in [0.29, 0.717) is 0 Å². The van der Waals surface area contributed by atoms with E-state index in [0.717, 1.165) is 28.0 Å². The molecule has 3 nitrogen and oxygen atoms in total. The first-order valence-electron chi connectivity index (χ1n) is 6.94. The minimum absolute atomic E-state index is 0.832. The first-order chi connectivity index (χ1) is 10.2. The monoisotopic (exact) mass is 278 g/mol. The highest BCUT2D eigenvalue weighted by Crippen LogP contribution is 2.28. The van der Waals surface area contributed by atoms with Crippen LogP contribution in [-0.4, -0.2) is 12.1 Å². The van der Waals surface area contributed by atoms with Gasteiger partial charge in [0.15, 0.2) is 0 Å². The van der Waals surface area contributed by atoms with E-state index in [1.165, 1.54) is 11.1 Å². The third-order valence-corrected chi connectivity index (χ3v) is 3.45. The SMILES string of the molecule is COc1ccc2nccc(Nc3cc(C)cc(C)c3)c2c1. The number of hydrogen-bond acceptors (Lipinski definition) is 3. The first-order valence-corrected chi connectivity index (χ1v) is 6.94. The highest BCUT2D eigenvalue weighted by atomic mass is 16.5. The van der Waals surface area contributed by atoms with Crippen LogP contribution in [-0.2, 0) is 0 Å². The maximum atomic E-state index is 5.31. The number of aryl methyl sites for hydroxylation is 2. The molecule has 2 aromatic carbocycles. The minimum atomic E-state index is 0.832. The molecular weight excluding hydrogens is 260 g/mol. The van der Waals surface area contributed by atoms with Gasteiger partial charge in [0, 0.05) is 23.0 Å². The number of hydrogen-bond donors (Lipinski definition) is 1. The molecular formula is C18H18N2O. The Hall–Kier alpha value is -2.55. The van der Waals surface area contributed by atoms with Gasteiger partial charge in [-0.1, -0.05) is 6.07 Å². The van der Waals surface area contributed by atoms with Gasteiger partial charge in [-0.25, -0.2) is 0 Å². The fourth-order valence-corrected chi connectivity index (χ4v) is 2.56. The Morgan fingerprint density at radius 1 is 0.952 bits per heavy atom. The summed E-state index contributed by atoms with van der Waals surface area (Å²) in [6.07, 6.45) is 1.82. The van der Waals surface area contributed by atoms with Gasteiger partial charge < -0.3 is 10.1 Å². The average molecular weight is 278 g/mol. The Morgan fingerprint density at radius 2 is 1.71 bits per heavy atom. The van der Waals surface area contributed by atoms with E-state index in [1.54, 1.807) is 7.11 Å². The van der Waals surface area contributed by atoms with E-state index in [2.05, 4.69) is 42.3 Å². The highest BCUT2D eigenvalue weighted by molar-refractivity contribution is 5.93. The van der Waals surface area contributed by atoms with Crippen molar-refractivity contribution in [1.29, 1.82) is 0 Å². The van der Waals surface area contributed by atoms with E-state index in [-0.39, 0.29) is 0 Å². The Balaban J connectivity index is 2.07. The summed E-state index contributed by atoms with van der Waals surface area (Å²) in [5, 5.41) is 4.54. The molecule has 3 rings (SSSR count). The number of nitrogens with one attached hydrogen (secondary N) is 1. The van der Waals surface area contributed by atoms with Crippen molar-refractivity contribution in [2.45, 2.75) is 13.8 Å². The summed E-state index contributed by atoms with van der Waals surface area (Å²) in [5.74, 6) is 0.832. The van der Waals surface area contributed by atoms with Gasteiger partial charge in [0.2, 0.25) is 0 Å². The lowest BCUT2D eigenvalue weighted by Crippen LogP contribution is -1.94. The second-order valence-electron chi connectivity index (χ2n) is 5.24. The zero-order valence-corrected chi connectivity index (χ0v) is 12.5. The number of benzene rings is 2. The summed E-state index contributed by atoms with van der Waals surface area (Å²) in [5.41, 5.74) is 5.55. The lowest BCUT2D eigenvalue weighted by molar-refractivity contribution is 0.415. The lowest BCUT2D eigenvalue weighted by Gasteiger charge is -2.12. The van der Waals surface area contributed by atoms with Crippen LogP contribution in [0.25, 0.3) is 10.9 Å². The van der Waals surface area contributed by atoms with Crippen molar-refractivity contribution in [1.82, 2.24) is 4.98 Å². The predicted octanol–water partition coefficient (Wildman–Crippen LogP) is 4.60. The van der Waals surface area contributed by atoms with Crippen molar-refractivity contribution in [2.24, 2.45) is 0 Å². The largest absolute Gasteiger partial charge is 0.497 e. The smallest absolute Gasteiger partial charge is 0.119 e. The molecule has 0 fully saturated rings. The molecule has 0 aliphatic heterocycles. The number of anilines is 2. The topological polar surface area (TPSA) is 34.1 Å². The van der Waals surface area contributed by atoms with Crippen LogP contribution in [0.4, 0.5) is 11.4 Å².